The molecule has 0 aromatic rings. The third kappa shape index (κ3) is 38.5. The van der Waals surface area contributed by atoms with E-state index in [2.05, 4.69) is 44.6 Å². The van der Waals surface area contributed by atoms with Crippen molar-refractivity contribution >= 4 is 42.8 Å². The molecule has 0 aromatic heterocycles. The number of carbonyl (C=O) groups is 3. The minimum Gasteiger partial charge on any atom is -0.387 e. The van der Waals surface area contributed by atoms with Crippen molar-refractivity contribution in [2.75, 3.05) is 178 Å². The van der Waals surface area contributed by atoms with Gasteiger partial charge in [-0.05, 0) is 10.1 Å². The molecule has 0 aromatic carbocycles. The molecule has 3 rings (SSSR count). The molecule has 0 saturated carbocycles. The molecule has 16 atom stereocenters. The van der Waals surface area contributed by atoms with Crippen LogP contribution in [0.3, 0.4) is 0 Å². The first kappa shape index (κ1) is 87.2. The highest BCUT2D eigenvalue weighted by Crippen LogP contribution is 2.38. The van der Waals surface area contributed by atoms with Crippen LogP contribution in [-0.4, -0.2) is 354 Å². The summed E-state index contributed by atoms with van der Waals surface area (Å²) < 4.78 is 117. The van der Waals surface area contributed by atoms with Gasteiger partial charge in [0.2, 0.25) is 17.7 Å². The van der Waals surface area contributed by atoms with E-state index in [-0.39, 0.29) is 195 Å². The molecule has 0 bridgehead atoms. The summed E-state index contributed by atoms with van der Waals surface area (Å²) in [6, 6.07) is 0. The lowest BCUT2D eigenvalue weighted by Gasteiger charge is -2.40. The van der Waals surface area contributed by atoms with Crippen LogP contribution < -0.4 is 16.0 Å². The van der Waals surface area contributed by atoms with Crippen LogP contribution in [0.1, 0.15) is 26.2 Å². The summed E-state index contributed by atoms with van der Waals surface area (Å²) in [6.07, 6.45) is -23.2. The maximum Gasteiger partial charge on any atom is 0.469 e. The average molecular weight is 1460 g/mol. The molecule has 45 heteroatoms. The summed E-state index contributed by atoms with van der Waals surface area (Å²) in [5.74, 6) is -0.977. The fourth-order valence-electron chi connectivity index (χ4n) is 8.31. The zero-order valence-electron chi connectivity index (χ0n) is 52.3. The molecule has 42 nitrogen and oxygen atoms in total. The van der Waals surface area contributed by atoms with Crippen molar-refractivity contribution < 1.29 is 189 Å². The molecule has 16 unspecified atom stereocenters. The first-order chi connectivity index (χ1) is 45.3. The molecule has 3 amide bonds. The molecule has 16 N–H and O–H groups in total. The molecular weight excluding hydrogens is 1360 g/mol. The van der Waals surface area contributed by atoms with Crippen LogP contribution in [0.4, 0.5) is 0 Å². The first-order valence-corrected chi connectivity index (χ1v) is 33.4. The summed E-state index contributed by atoms with van der Waals surface area (Å²) in [4.78, 5) is 78.0. The zero-order chi connectivity index (χ0) is 70.1. The van der Waals surface area contributed by atoms with Crippen molar-refractivity contribution in [2.24, 2.45) is 5.41 Å². The van der Waals surface area contributed by atoms with Gasteiger partial charge in [-0.25, -0.2) is 14.0 Å². The summed E-state index contributed by atoms with van der Waals surface area (Å²) in [5.41, 5.74) is -0.808. The molecule has 3 fully saturated rings. The average Bonchev–Trinajstić information content (AvgIpc) is 0.953. The number of hydrogen-bond donors (Lipinski definition) is 16. The Morgan fingerprint density at radius 1 is 0.389 bits per heavy atom. The van der Waals surface area contributed by atoms with Gasteiger partial charge >= 0.3 is 15.6 Å². The highest BCUT2D eigenvalue weighted by Gasteiger charge is 2.47. The molecule has 0 aliphatic carbocycles. The molecule has 560 valence electrons. The molecule has 95 heavy (non-hydrogen) atoms. The van der Waals surface area contributed by atoms with Crippen molar-refractivity contribution in [1.29, 1.82) is 0 Å². The second-order valence-corrected chi connectivity index (χ2v) is 23.9. The number of phosphoric ester groups is 2. The minimum atomic E-state index is -4.91. The van der Waals surface area contributed by atoms with Crippen molar-refractivity contribution in [2.45, 2.75) is 118 Å². The third-order valence-corrected chi connectivity index (χ3v) is 14.3. The molecule has 3 aliphatic rings. The van der Waals surface area contributed by atoms with Crippen LogP contribution in [0.25, 0.3) is 0 Å². The molecular formula is C50H96N3O39P3. The third-order valence-electron chi connectivity index (χ3n) is 13.3. The molecule has 0 spiro atoms. The van der Waals surface area contributed by atoms with Crippen molar-refractivity contribution in [1.82, 2.24) is 16.0 Å². The van der Waals surface area contributed by atoms with Gasteiger partial charge in [0.25, 0.3) is 0 Å². The summed E-state index contributed by atoms with van der Waals surface area (Å²) in [7, 11) is -8.08. The number of carbonyl (C=O) groups excluding carboxylic acids is 3. The summed E-state index contributed by atoms with van der Waals surface area (Å²) in [5, 5.41) is 107. The minimum absolute atomic E-state index is 0.00184. The molecule has 3 saturated heterocycles. The van der Waals surface area contributed by atoms with E-state index in [9.17, 15) is 69.5 Å². The Labute approximate surface area is 548 Å². The number of hydrogen-bond acceptors (Lipinski definition) is 35. The van der Waals surface area contributed by atoms with Gasteiger partial charge in [-0.1, -0.05) is 6.92 Å². The zero-order valence-corrected chi connectivity index (χ0v) is 55.2. The maximum atomic E-state index is 12.6. The number of phosphoric acid groups is 2. The Kier molecular flexibility index (Phi) is 45.4. The van der Waals surface area contributed by atoms with Gasteiger partial charge in [0.1, 0.15) is 79.9 Å². The Morgan fingerprint density at radius 2 is 0.674 bits per heavy atom. The van der Waals surface area contributed by atoms with Gasteiger partial charge in [0.15, 0.2) is 18.9 Å². The first-order valence-electron chi connectivity index (χ1n) is 29.9. The number of ether oxygens (including phenoxy) is 15. The Bertz CT molecular complexity index is 2040. The van der Waals surface area contributed by atoms with E-state index in [1.54, 1.807) is 16.4 Å². The van der Waals surface area contributed by atoms with E-state index in [0.29, 0.717) is 0 Å². The predicted octanol–water partition coefficient (Wildman–Crippen LogP) is -8.05. The van der Waals surface area contributed by atoms with Crippen LogP contribution in [0.15, 0.2) is 0 Å². The largest absolute Gasteiger partial charge is 0.469 e. The normalized spacial score (nSPS) is 27.3. The van der Waals surface area contributed by atoms with Crippen molar-refractivity contribution in [3.05, 3.63) is 0 Å². The lowest BCUT2D eigenvalue weighted by Crippen LogP contribution is -2.59. The smallest absolute Gasteiger partial charge is 0.387 e. The van der Waals surface area contributed by atoms with Crippen LogP contribution in [0.5, 0.6) is 0 Å². The standard InChI is InChI=1S/C50H96N3O39P3/c1-50(29-78-8-2-35(54)51-5-11-72-14-17-75-20-23-81-47-44(63)41(60)38(57)32(87-47)26-84-90-91-92-93,30-79-9-3-36(55)52-6-12-73-15-18-76-21-24-82-48-45(64)42(61)39(58)33(88-48)27-85-94(66,67)68)31-80-10-4-37(56)53-7-13-74-16-19-77-22-25-83-49-46(65)43(62)40(59)34(89-49)28-86-95(69,70)71/h32-34,38-49,57-65H,2-31,93H2,1H3,(H,51,54)(H,52,55)(H,53,56)(H2,66,67,68)(H2,69,70,71). The SMILES string of the molecule is CC(COCCC(=O)NCCOCCOCCOC1OC(COOOOP)C(O)C(O)C1O)(COCCC(=O)NCCOCCOCCOC1OC(COP(=O)(O)O)C(O)C(O)C1O)COCCC(=O)NCCOCCOCCOC1OC(COP(=O)(O)O)C(O)C(O)C1O. The molecule has 0 radical (unpaired) electrons. The van der Waals surface area contributed by atoms with E-state index in [1.807, 2.05) is 0 Å². The van der Waals surface area contributed by atoms with E-state index in [1.165, 1.54) is 0 Å². The van der Waals surface area contributed by atoms with Crippen molar-refractivity contribution in [3.8, 4) is 0 Å². The van der Waals surface area contributed by atoms with Crippen LogP contribution in [0, 0.1) is 5.41 Å². The second kappa shape index (κ2) is 49.5. The van der Waals surface area contributed by atoms with Crippen LogP contribution >= 0.6 is 25.1 Å². The fraction of sp³-hybridized carbons (Fsp3) is 0.940. The Morgan fingerprint density at radius 3 is 0.968 bits per heavy atom. The van der Waals surface area contributed by atoms with Gasteiger partial charge < -0.3 is 153 Å². The van der Waals surface area contributed by atoms with Gasteiger partial charge in [0, 0.05) is 53.8 Å². The van der Waals surface area contributed by atoms with Crippen LogP contribution in [0.2, 0.25) is 0 Å². The summed E-state index contributed by atoms with van der Waals surface area (Å²) >= 11 is 0. The van der Waals surface area contributed by atoms with Gasteiger partial charge in [-0.3, -0.25) is 23.4 Å². The van der Waals surface area contributed by atoms with Crippen molar-refractivity contribution in [3.63, 3.8) is 0 Å². The number of rotatable bonds is 56. The number of aliphatic hydroxyl groups is 9. The van der Waals surface area contributed by atoms with Crippen LogP contribution in [-0.2, 0) is 123 Å². The Balaban J connectivity index is 1.30. The lowest BCUT2D eigenvalue weighted by atomic mass is 9.94. The number of aliphatic hydroxyl groups excluding tert-OH is 9. The summed E-state index contributed by atoms with van der Waals surface area (Å²) in [6.45, 7) is 1.53. The number of nitrogens with one attached hydrogen (secondary N) is 3. The predicted molar refractivity (Wildman–Crippen MR) is 311 cm³/mol. The molecule has 3 aliphatic heterocycles. The van der Waals surface area contributed by atoms with E-state index < -0.39 is 133 Å². The Hall–Kier alpha value is -2.06. The van der Waals surface area contributed by atoms with Gasteiger partial charge in [0.05, 0.1) is 152 Å². The highest BCUT2D eigenvalue weighted by atomic mass is 31.2. The van der Waals surface area contributed by atoms with E-state index >= 15 is 0 Å². The van der Waals surface area contributed by atoms with Gasteiger partial charge in [-0.2, -0.15) is 4.67 Å². The fourth-order valence-corrected chi connectivity index (χ4v) is 9.03. The molecule has 3 heterocycles. The lowest BCUT2D eigenvalue weighted by molar-refractivity contribution is -0.608. The maximum absolute atomic E-state index is 12.6. The van der Waals surface area contributed by atoms with E-state index in [4.69, 9.17) is 90.6 Å². The highest BCUT2D eigenvalue weighted by molar-refractivity contribution is 7.46. The quantitative estimate of drug-likeness (QED) is 0.0116. The monoisotopic (exact) mass is 1460 g/mol. The number of amides is 3. The van der Waals surface area contributed by atoms with Gasteiger partial charge in [-0.15, -0.1) is 0 Å². The van der Waals surface area contributed by atoms with E-state index in [0.717, 1.165) is 0 Å². The topological polar surface area (TPSA) is 578 Å². The second-order valence-electron chi connectivity index (χ2n) is 21.2.